The smallest absolute Gasteiger partial charge is 0.145 e. The topological polar surface area (TPSA) is 63.9 Å². The second-order valence-electron chi connectivity index (χ2n) is 12.1. The molecule has 8 rings (SSSR count). The Morgan fingerprint density at radius 1 is 0.973 bits per heavy atom. The van der Waals surface area contributed by atoms with Gasteiger partial charge in [-0.3, -0.25) is 4.98 Å². The van der Waals surface area contributed by atoms with Crippen molar-refractivity contribution < 1.29 is 4.74 Å². The Morgan fingerprint density at radius 3 is 2.49 bits per heavy atom. The Balaban J connectivity index is 1.37. The van der Waals surface area contributed by atoms with Crippen molar-refractivity contribution in [3.8, 4) is 17.0 Å². The maximum absolute atomic E-state index is 5.92. The molecule has 4 aromatic rings. The summed E-state index contributed by atoms with van der Waals surface area (Å²) in [6, 6.07) is 15.9. The molecule has 4 aliphatic rings. The van der Waals surface area contributed by atoms with Crippen molar-refractivity contribution in [3.05, 3.63) is 59.8 Å². The van der Waals surface area contributed by atoms with E-state index in [1.165, 1.54) is 66.2 Å². The summed E-state index contributed by atoms with van der Waals surface area (Å²) in [6.45, 7) is 3.40. The van der Waals surface area contributed by atoms with Gasteiger partial charge in [-0.1, -0.05) is 12.1 Å². The van der Waals surface area contributed by atoms with Crippen molar-refractivity contribution in [1.29, 1.82) is 0 Å². The highest BCUT2D eigenvalue weighted by Gasteiger charge is 2.51. The van der Waals surface area contributed by atoms with E-state index in [1.807, 2.05) is 19.2 Å². The number of aromatic nitrogens is 2. The first-order valence-corrected chi connectivity index (χ1v) is 14.5. The molecule has 0 amide bonds. The Bertz CT molecular complexity index is 1420. The zero-order chi connectivity index (χ0) is 25.0. The van der Waals surface area contributed by atoms with Gasteiger partial charge in [0, 0.05) is 28.0 Å². The number of fused-ring (bicyclic) bond motifs is 2. The summed E-state index contributed by atoms with van der Waals surface area (Å²) >= 11 is 0. The third-order valence-corrected chi connectivity index (χ3v) is 9.74. The molecule has 4 bridgehead atoms. The molecule has 0 saturated heterocycles. The van der Waals surface area contributed by atoms with Gasteiger partial charge in [0.1, 0.15) is 11.3 Å². The van der Waals surface area contributed by atoms with E-state index in [0.717, 1.165) is 60.2 Å². The molecule has 4 aliphatic carbocycles. The quantitative estimate of drug-likeness (QED) is 0.249. The monoisotopic (exact) mass is 493 g/mol. The van der Waals surface area contributed by atoms with Gasteiger partial charge in [-0.25, -0.2) is 0 Å². The van der Waals surface area contributed by atoms with Gasteiger partial charge < -0.3 is 15.5 Å². The summed E-state index contributed by atoms with van der Waals surface area (Å²) in [7, 11) is 0. The van der Waals surface area contributed by atoms with E-state index in [9.17, 15) is 0 Å². The molecule has 2 aromatic heterocycles. The van der Waals surface area contributed by atoms with E-state index in [4.69, 9.17) is 15.5 Å². The number of benzene rings is 2. The molecular weight excluding hydrogens is 454 g/mol. The van der Waals surface area contributed by atoms with Crippen LogP contribution in [-0.4, -0.2) is 23.1 Å². The molecule has 0 aliphatic heterocycles. The zero-order valence-corrected chi connectivity index (χ0v) is 22.1. The fourth-order valence-electron chi connectivity index (χ4n) is 8.61. The molecule has 192 valence electrons. The largest absolute Gasteiger partial charge is 0.492 e. The van der Waals surface area contributed by atoms with Crippen LogP contribution in [0.25, 0.3) is 33.1 Å². The second-order valence-corrected chi connectivity index (χ2v) is 12.1. The minimum atomic E-state index is 0.407. The molecule has 4 nitrogen and oxygen atoms in total. The lowest BCUT2D eigenvalue weighted by atomic mass is 9.48. The van der Waals surface area contributed by atoms with Crippen LogP contribution < -0.4 is 10.5 Å². The highest BCUT2D eigenvalue weighted by atomic mass is 16.5. The average molecular weight is 494 g/mol. The SMILES string of the molecule is CCOc1ccc(-c2[nH]c3ccc(C45CC6CC(CC(C6)C4)C5)cc3c2CCCCN)c2cccnc12. The number of H-pyrrole nitrogens is 1. The normalized spacial score (nSPS) is 26.4. The number of rotatable bonds is 8. The number of nitrogens with zero attached hydrogens (tertiary/aromatic N) is 1. The van der Waals surface area contributed by atoms with Crippen LogP contribution in [0.1, 0.15) is 69.4 Å². The van der Waals surface area contributed by atoms with Crippen LogP contribution in [-0.2, 0) is 11.8 Å². The van der Waals surface area contributed by atoms with Gasteiger partial charge in [-0.2, -0.15) is 0 Å². The van der Waals surface area contributed by atoms with Crippen LogP contribution in [0, 0.1) is 17.8 Å². The third kappa shape index (κ3) is 3.87. The first-order valence-electron chi connectivity index (χ1n) is 14.5. The number of unbranched alkanes of at least 4 members (excludes halogenated alkanes) is 1. The molecule has 2 aromatic carbocycles. The number of pyridine rings is 1. The molecule has 4 heteroatoms. The number of hydrogen-bond acceptors (Lipinski definition) is 3. The van der Waals surface area contributed by atoms with E-state index in [2.05, 4.69) is 41.4 Å². The second kappa shape index (κ2) is 9.16. The molecule has 0 atom stereocenters. The minimum Gasteiger partial charge on any atom is -0.492 e. The van der Waals surface area contributed by atoms with E-state index in [0.29, 0.717) is 12.0 Å². The molecule has 2 heterocycles. The lowest BCUT2D eigenvalue weighted by Gasteiger charge is -2.57. The van der Waals surface area contributed by atoms with Crippen LogP contribution in [0.15, 0.2) is 48.7 Å². The molecule has 37 heavy (non-hydrogen) atoms. The first kappa shape index (κ1) is 23.3. The summed E-state index contributed by atoms with van der Waals surface area (Å²) in [6.07, 6.45) is 13.7. The summed E-state index contributed by atoms with van der Waals surface area (Å²) < 4.78 is 5.92. The summed E-state index contributed by atoms with van der Waals surface area (Å²) in [5.41, 5.74) is 14.0. The van der Waals surface area contributed by atoms with Crippen LogP contribution >= 0.6 is 0 Å². The maximum atomic E-state index is 5.92. The number of nitrogens with one attached hydrogen (secondary N) is 1. The Morgan fingerprint density at radius 2 is 1.76 bits per heavy atom. The van der Waals surface area contributed by atoms with Crippen LogP contribution in [0.5, 0.6) is 5.75 Å². The fraction of sp³-hybridized carbons (Fsp3) is 0.485. The van der Waals surface area contributed by atoms with Gasteiger partial charge in [0.2, 0.25) is 0 Å². The van der Waals surface area contributed by atoms with Crippen molar-refractivity contribution in [2.75, 3.05) is 13.2 Å². The summed E-state index contributed by atoms with van der Waals surface area (Å²) in [5.74, 6) is 3.72. The molecule has 4 saturated carbocycles. The predicted octanol–water partition coefficient (Wildman–Crippen LogP) is 7.53. The fourth-order valence-corrected chi connectivity index (χ4v) is 8.61. The van der Waals surface area contributed by atoms with Crippen LogP contribution in [0.4, 0.5) is 0 Å². The summed E-state index contributed by atoms with van der Waals surface area (Å²) in [4.78, 5) is 8.56. The molecule has 3 N–H and O–H groups in total. The van der Waals surface area contributed by atoms with Crippen LogP contribution in [0.3, 0.4) is 0 Å². The van der Waals surface area contributed by atoms with Gasteiger partial charge in [0.05, 0.1) is 12.3 Å². The number of ether oxygens (including phenoxy) is 1. The average Bonchev–Trinajstić information content (AvgIpc) is 3.26. The van der Waals surface area contributed by atoms with Crippen molar-refractivity contribution in [2.24, 2.45) is 23.5 Å². The Hall–Kier alpha value is -2.85. The number of aryl methyl sites for hydroxylation is 1. The molecule has 0 unspecified atom stereocenters. The predicted molar refractivity (Wildman–Crippen MR) is 152 cm³/mol. The van der Waals surface area contributed by atoms with E-state index >= 15 is 0 Å². The molecule has 0 radical (unpaired) electrons. The third-order valence-electron chi connectivity index (χ3n) is 9.74. The highest BCUT2D eigenvalue weighted by molar-refractivity contribution is 6.01. The Kier molecular flexibility index (Phi) is 5.77. The standard InChI is InChI=1S/C33H39N3O/c1-2-37-30-11-9-27(25-7-5-13-35-32(25)30)31-26(6-3-4-12-34)28-17-24(8-10-29(28)36-31)33-18-21-14-22(19-33)16-23(15-21)20-33/h5,7-11,13,17,21-23,36H,2-4,6,12,14-16,18-20,34H2,1H3. The van der Waals surface area contributed by atoms with Crippen molar-refractivity contribution >= 4 is 21.8 Å². The highest BCUT2D eigenvalue weighted by Crippen LogP contribution is 2.61. The lowest BCUT2D eigenvalue weighted by molar-refractivity contribution is -0.00513. The minimum absolute atomic E-state index is 0.407. The van der Waals surface area contributed by atoms with Crippen molar-refractivity contribution in [1.82, 2.24) is 9.97 Å². The Labute approximate surface area is 220 Å². The van der Waals surface area contributed by atoms with Gasteiger partial charge in [-0.05, 0) is 136 Å². The number of nitrogens with two attached hydrogens (primary N) is 1. The molecule has 0 spiro atoms. The van der Waals surface area contributed by atoms with Gasteiger partial charge >= 0.3 is 0 Å². The van der Waals surface area contributed by atoms with Crippen molar-refractivity contribution in [3.63, 3.8) is 0 Å². The number of hydrogen-bond donors (Lipinski definition) is 2. The molecule has 4 fully saturated rings. The zero-order valence-electron chi connectivity index (χ0n) is 22.1. The van der Waals surface area contributed by atoms with E-state index < -0.39 is 0 Å². The summed E-state index contributed by atoms with van der Waals surface area (Å²) in [5, 5.41) is 2.55. The van der Waals surface area contributed by atoms with E-state index in [-0.39, 0.29) is 0 Å². The van der Waals surface area contributed by atoms with Crippen molar-refractivity contribution in [2.45, 2.75) is 70.1 Å². The first-order chi connectivity index (χ1) is 18.2. The maximum Gasteiger partial charge on any atom is 0.145 e. The van der Waals surface area contributed by atoms with Gasteiger partial charge in [0.25, 0.3) is 0 Å². The molecular formula is C33H39N3O. The van der Waals surface area contributed by atoms with Crippen LogP contribution in [0.2, 0.25) is 0 Å². The van der Waals surface area contributed by atoms with E-state index in [1.54, 1.807) is 5.56 Å². The lowest BCUT2D eigenvalue weighted by Crippen LogP contribution is -2.48. The van der Waals surface area contributed by atoms with Gasteiger partial charge in [0.15, 0.2) is 0 Å². The van der Waals surface area contributed by atoms with Gasteiger partial charge in [-0.15, -0.1) is 0 Å². The number of aromatic amines is 1.